The molecule has 1 heterocycles. The third-order valence-electron chi connectivity index (χ3n) is 4.03. The molecule has 10 heteroatoms. The summed E-state index contributed by atoms with van der Waals surface area (Å²) in [5, 5.41) is 9.67. The normalized spacial score (nSPS) is 18.6. The minimum absolute atomic E-state index is 0.00829. The summed E-state index contributed by atoms with van der Waals surface area (Å²) in [6, 6.07) is 10.7. The molecular formula is C18H20FN3O5S. The van der Waals surface area contributed by atoms with Crippen LogP contribution in [0, 0.1) is 5.82 Å². The highest BCUT2D eigenvalue weighted by atomic mass is 32.2. The van der Waals surface area contributed by atoms with Gasteiger partial charge in [-0.25, -0.2) is 22.7 Å². The van der Waals surface area contributed by atoms with Crippen LogP contribution in [-0.4, -0.2) is 25.9 Å². The summed E-state index contributed by atoms with van der Waals surface area (Å²) in [5.74, 6) is 0.306. The summed E-state index contributed by atoms with van der Waals surface area (Å²) >= 11 is 0. The Bertz CT molecular complexity index is 962. The van der Waals surface area contributed by atoms with Crippen molar-refractivity contribution in [3.8, 4) is 11.5 Å². The van der Waals surface area contributed by atoms with E-state index in [4.69, 9.17) is 9.88 Å². The SMILES string of the molecule is CC[C@]1(C)NC(=O)NC1=O.NS(=O)(=O)c1ccc(Oc2ccc(F)cc2)cc1. The fourth-order valence-electron chi connectivity index (χ4n) is 2.16. The van der Waals surface area contributed by atoms with Crippen LogP contribution < -0.4 is 20.5 Å². The molecule has 0 unspecified atom stereocenters. The van der Waals surface area contributed by atoms with Crippen molar-refractivity contribution in [1.82, 2.24) is 10.6 Å². The summed E-state index contributed by atoms with van der Waals surface area (Å²) in [5.41, 5.74) is -0.683. The van der Waals surface area contributed by atoms with E-state index >= 15 is 0 Å². The van der Waals surface area contributed by atoms with Gasteiger partial charge in [-0.2, -0.15) is 0 Å². The van der Waals surface area contributed by atoms with Crippen LogP contribution in [0.15, 0.2) is 53.4 Å². The number of primary sulfonamides is 1. The molecule has 1 aliphatic heterocycles. The molecule has 0 saturated carbocycles. The number of amides is 3. The number of hydrogen-bond acceptors (Lipinski definition) is 5. The molecule has 0 aromatic heterocycles. The van der Waals surface area contributed by atoms with Crippen molar-refractivity contribution < 1.29 is 27.1 Å². The third-order valence-corrected chi connectivity index (χ3v) is 4.96. The Morgan fingerprint density at radius 3 is 1.89 bits per heavy atom. The molecule has 0 spiro atoms. The lowest BCUT2D eigenvalue weighted by molar-refractivity contribution is -0.123. The van der Waals surface area contributed by atoms with E-state index in [2.05, 4.69) is 10.6 Å². The van der Waals surface area contributed by atoms with Gasteiger partial charge in [0.1, 0.15) is 22.9 Å². The van der Waals surface area contributed by atoms with Crippen LogP contribution in [-0.2, 0) is 14.8 Å². The molecule has 150 valence electrons. The van der Waals surface area contributed by atoms with Gasteiger partial charge in [-0.15, -0.1) is 0 Å². The van der Waals surface area contributed by atoms with Crippen molar-refractivity contribution in [3.05, 3.63) is 54.3 Å². The van der Waals surface area contributed by atoms with Gasteiger partial charge in [-0.1, -0.05) is 6.92 Å². The molecule has 4 N–H and O–H groups in total. The van der Waals surface area contributed by atoms with E-state index in [9.17, 15) is 22.4 Å². The van der Waals surface area contributed by atoms with E-state index in [1.807, 2.05) is 6.92 Å². The first kappa shape index (κ1) is 21.3. The molecule has 1 saturated heterocycles. The molecule has 2 aromatic rings. The molecule has 1 aliphatic rings. The van der Waals surface area contributed by atoms with Crippen molar-refractivity contribution in [2.45, 2.75) is 30.7 Å². The molecule has 2 aromatic carbocycles. The fraction of sp³-hybridized carbons (Fsp3) is 0.222. The number of imide groups is 1. The van der Waals surface area contributed by atoms with Crippen LogP contribution in [0.25, 0.3) is 0 Å². The Morgan fingerprint density at radius 2 is 1.54 bits per heavy atom. The molecule has 3 rings (SSSR count). The zero-order valence-corrected chi connectivity index (χ0v) is 16.0. The Labute approximate surface area is 161 Å². The number of benzene rings is 2. The Kier molecular flexibility index (Phi) is 6.37. The number of nitrogens with two attached hydrogens (primary N) is 1. The second-order valence-electron chi connectivity index (χ2n) is 6.17. The summed E-state index contributed by atoms with van der Waals surface area (Å²) in [6.45, 7) is 3.55. The van der Waals surface area contributed by atoms with Crippen LogP contribution in [0.1, 0.15) is 20.3 Å². The lowest BCUT2D eigenvalue weighted by atomic mass is 10.0. The maximum absolute atomic E-state index is 12.7. The Hall–Kier alpha value is -2.98. The quantitative estimate of drug-likeness (QED) is 0.668. The van der Waals surface area contributed by atoms with Crippen LogP contribution in [0.3, 0.4) is 0 Å². The van der Waals surface area contributed by atoms with Crippen LogP contribution in [0.5, 0.6) is 11.5 Å². The van der Waals surface area contributed by atoms with Crippen molar-refractivity contribution in [1.29, 1.82) is 0 Å². The average Bonchev–Trinajstić information content (AvgIpc) is 2.90. The smallest absolute Gasteiger partial charge is 0.322 e. The van der Waals surface area contributed by atoms with Gasteiger partial charge in [0.25, 0.3) is 5.91 Å². The number of hydrogen-bond donors (Lipinski definition) is 3. The number of rotatable bonds is 4. The van der Waals surface area contributed by atoms with Gasteiger partial charge < -0.3 is 10.1 Å². The highest BCUT2D eigenvalue weighted by Crippen LogP contribution is 2.22. The number of urea groups is 1. The van der Waals surface area contributed by atoms with Crippen LogP contribution in [0.2, 0.25) is 0 Å². The van der Waals surface area contributed by atoms with Crippen molar-refractivity contribution >= 4 is 22.0 Å². The summed E-state index contributed by atoms with van der Waals surface area (Å²) in [4.78, 5) is 21.5. The topological polar surface area (TPSA) is 128 Å². The van der Waals surface area contributed by atoms with Gasteiger partial charge in [0.15, 0.2) is 0 Å². The number of carbonyl (C=O) groups is 2. The third kappa shape index (κ3) is 5.51. The molecule has 3 amide bonds. The number of nitrogens with one attached hydrogen (secondary N) is 2. The van der Waals surface area contributed by atoms with E-state index in [-0.39, 0.29) is 16.6 Å². The predicted octanol–water partition coefficient (Wildman–Crippen LogP) is 2.26. The van der Waals surface area contributed by atoms with E-state index < -0.39 is 21.6 Å². The van der Waals surface area contributed by atoms with E-state index in [1.165, 1.54) is 48.5 Å². The standard InChI is InChI=1S/C12H10FNO3S.C6H10N2O2/c13-9-1-3-10(4-2-9)17-11-5-7-12(8-6-11)18(14,15)16;1-3-6(2)4(9)7-5(10)8-6/h1-8H,(H2,14,15,16);3H2,1-2H3,(H2,7,8,9,10)/t;6-/m.0/s1. The van der Waals surface area contributed by atoms with Gasteiger partial charge in [0, 0.05) is 0 Å². The van der Waals surface area contributed by atoms with Crippen LogP contribution >= 0.6 is 0 Å². The van der Waals surface area contributed by atoms with Crippen molar-refractivity contribution in [2.75, 3.05) is 0 Å². The highest BCUT2D eigenvalue weighted by Gasteiger charge is 2.39. The summed E-state index contributed by atoms with van der Waals surface area (Å²) in [7, 11) is -3.70. The molecule has 1 fully saturated rings. The first-order valence-electron chi connectivity index (χ1n) is 8.23. The number of ether oxygens (including phenoxy) is 1. The molecule has 0 radical (unpaired) electrons. The zero-order chi connectivity index (χ0) is 20.9. The molecule has 8 nitrogen and oxygen atoms in total. The average molecular weight is 409 g/mol. The maximum Gasteiger partial charge on any atom is 0.322 e. The molecular weight excluding hydrogens is 389 g/mol. The second-order valence-corrected chi connectivity index (χ2v) is 7.73. The van der Waals surface area contributed by atoms with Crippen molar-refractivity contribution in [2.24, 2.45) is 5.14 Å². The minimum Gasteiger partial charge on any atom is -0.457 e. The first-order chi connectivity index (χ1) is 13.0. The van der Waals surface area contributed by atoms with Gasteiger partial charge >= 0.3 is 6.03 Å². The molecule has 0 aliphatic carbocycles. The summed E-state index contributed by atoms with van der Waals surface area (Å²) in [6.07, 6.45) is 0.616. The lowest BCUT2D eigenvalue weighted by Crippen LogP contribution is -2.42. The molecule has 0 bridgehead atoms. The lowest BCUT2D eigenvalue weighted by Gasteiger charge is -2.16. The maximum atomic E-state index is 12.7. The number of carbonyl (C=O) groups excluding carboxylic acids is 2. The molecule has 28 heavy (non-hydrogen) atoms. The van der Waals surface area contributed by atoms with Crippen molar-refractivity contribution in [3.63, 3.8) is 0 Å². The predicted molar refractivity (Wildman–Crippen MR) is 99.7 cm³/mol. The zero-order valence-electron chi connectivity index (χ0n) is 15.2. The van der Waals surface area contributed by atoms with E-state index in [1.54, 1.807) is 6.92 Å². The highest BCUT2D eigenvalue weighted by molar-refractivity contribution is 7.89. The Morgan fingerprint density at radius 1 is 1.04 bits per heavy atom. The minimum atomic E-state index is -3.70. The Balaban J connectivity index is 0.000000237. The van der Waals surface area contributed by atoms with E-state index in [0.717, 1.165) is 0 Å². The fourth-order valence-corrected chi connectivity index (χ4v) is 2.68. The summed E-state index contributed by atoms with van der Waals surface area (Å²) < 4.78 is 40.1. The first-order valence-corrected chi connectivity index (χ1v) is 9.78. The number of sulfonamides is 1. The second kappa shape index (κ2) is 8.36. The number of halogens is 1. The van der Waals surface area contributed by atoms with Gasteiger partial charge in [0.2, 0.25) is 10.0 Å². The van der Waals surface area contributed by atoms with E-state index in [0.29, 0.717) is 17.9 Å². The van der Waals surface area contributed by atoms with Crippen LogP contribution in [0.4, 0.5) is 9.18 Å². The largest absolute Gasteiger partial charge is 0.457 e. The van der Waals surface area contributed by atoms with Gasteiger partial charge in [-0.3, -0.25) is 10.1 Å². The molecule has 1 atom stereocenters. The van der Waals surface area contributed by atoms with Gasteiger partial charge in [0.05, 0.1) is 4.90 Å². The monoisotopic (exact) mass is 409 g/mol. The van der Waals surface area contributed by atoms with Gasteiger partial charge in [-0.05, 0) is 61.9 Å².